The van der Waals surface area contributed by atoms with Crippen LogP contribution >= 0.6 is 11.6 Å². The topological polar surface area (TPSA) is 128 Å². The largest absolute Gasteiger partial charge is 0.507 e. The van der Waals surface area contributed by atoms with Gasteiger partial charge in [-0.05, 0) is 49.2 Å². The van der Waals surface area contributed by atoms with Crippen LogP contribution in [0.1, 0.15) is 30.5 Å². The minimum absolute atomic E-state index is 0.114. The van der Waals surface area contributed by atoms with Gasteiger partial charge in [0.1, 0.15) is 11.5 Å². The number of aliphatic hydroxyl groups excluding tert-OH is 1. The number of Topliss-reactive ketones (excluding diaryl/α,β-unsaturated/α-hetero) is 1. The van der Waals surface area contributed by atoms with Crippen LogP contribution in [0.4, 0.5) is 5.69 Å². The maximum atomic E-state index is 13.1. The number of hydrogen-bond acceptors (Lipinski definition) is 7. The van der Waals surface area contributed by atoms with Crippen molar-refractivity contribution < 1.29 is 24.4 Å². The molecular formula is C25H23ClN4O6. The number of aliphatic hydroxyl groups is 1. The summed E-state index contributed by atoms with van der Waals surface area (Å²) in [4.78, 5) is 42.2. The Balaban J connectivity index is 1.74. The van der Waals surface area contributed by atoms with Gasteiger partial charge in [0, 0.05) is 43.2 Å². The number of ketones is 1. The molecular weight excluding hydrogens is 488 g/mol. The molecule has 1 saturated heterocycles. The van der Waals surface area contributed by atoms with E-state index in [1.54, 1.807) is 30.9 Å². The molecule has 2 aromatic carbocycles. The number of carbonyl (C=O) groups excluding carboxylic acids is 2. The van der Waals surface area contributed by atoms with Gasteiger partial charge in [-0.3, -0.25) is 19.7 Å². The van der Waals surface area contributed by atoms with Crippen LogP contribution in [-0.4, -0.2) is 49.3 Å². The molecule has 0 spiro atoms. The molecule has 0 aliphatic carbocycles. The number of halogens is 1. The van der Waals surface area contributed by atoms with Crippen LogP contribution < -0.4 is 4.74 Å². The highest BCUT2D eigenvalue weighted by Crippen LogP contribution is 2.40. The second kappa shape index (κ2) is 10.6. The summed E-state index contributed by atoms with van der Waals surface area (Å²) in [6, 6.07) is 9.21. The summed E-state index contributed by atoms with van der Waals surface area (Å²) in [5.74, 6) is -1.58. The van der Waals surface area contributed by atoms with Crippen LogP contribution in [0.15, 0.2) is 66.8 Å². The number of aromatic nitrogens is 2. The van der Waals surface area contributed by atoms with E-state index in [0.29, 0.717) is 30.9 Å². The Hall–Kier alpha value is -4.18. The first-order valence-electron chi connectivity index (χ1n) is 11.2. The average Bonchev–Trinajstić information content (AvgIpc) is 3.47. The highest BCUT2D eigenvalue weighted by atomic mass is 35.5. The minimum atomic E-state index is -0.932. The Morgan fingerprint density at radius 3 is 2.56 bits per heavy atom. The number of imidazole rings is 1. The number of rotatable bonds is 9. The van der Waals surface area contributed by atoms with Gasteiger partial charge in [0.2, 0.25) is 0 Å². The molecule has 1 N–H and O–H groups in total. The lowest BCUT2D eigenvalue weighted by atomic mass is 9.95. The predicted octanol–water partition coefficient (Wildman–Crippen LogP) is 4.36. The van der Waals surface area contributed by atoms with Crippen molar-refractivity contribution in [2.45, 2.75) is 25.9 Å². The number of nitro groups is 1. The lowest BCUT2D eigenvalue weighted by molar-refractivity contribution is -0.384. The lowest BCUT2D eigenvalue weighted by Gasteiger charge is -2.25. The normalized spacial score (nSPS) is 16.9. The minimum Gasteiger partial charge on any atom is -0.507 e. The summed E-state index contributed by atoms with van der Waals surface area (Å²) in [5, 5.41) is 22.5. The van der Waals surface area contributed by atoms with Crippen molar-refractivity contribution in [1.82, 2.24) is 14.5 Å². The number of nitro benzene ring substituents is 1. The van der Waals surface area contributed by atoms with E-state index in [-0.39, 0.29) is 28.4 Å². The van der Waals surface area contributed by atoms with Gasteiger partial charge >= 0.3 is 0 Å². The van der Waals surface area contributed by atoms with Crippen LogP contribution in [0.25, 0.3) is 5.76 Å². The van der Waals surface area contributed by atoms with E-state index < -0.39 is 28.4 Å². The first kappa shape index (κ1) is 24.9. The number of ether oxygens (including phenoxy) is 1. The Morgan fingerprint density at radius 2 is 1.94 bits per heavy atom. The number of carbonyl (C=O) groups is 2. The van der Waals surface area contributed by atoms with Crippen molar-refractivity contribution in [2.24, 2.45) is 0 Å². The molecule has 186 valence electrons. The Morgan fingerprint density at radius 1 is 1.19 bits per heavy atom. The van der Waals surface area contributed by atoms with E-state index in [0.717, 1.165) is 0 Å². The summed E-state index contributed by atoms with van der Waals surface area (Å²) in [7, 11) is 0. The van der Waals surface area contributed by atoms with Crippen LogP contribution in [0.5, 0.6) is 5.75 Å². The molecule has 1 amide bonds. The summed E-state index contributed by atoms with van der Waals surface area (Å²) in [6.45, 7) is 2.98. The molecule has 3 aromatic rings. The molecule has 4 rings (SSSR count). The molecule has 0 saturated carbocycles. The third-order valence-electron chi connectivity index (χ3n) is 5.84. The van der Waals surface area contributed by atoms with E-state index in [2.05, 4.69) is 4.98 Å². The van der Waals surface area contributed by atoms with Crippen LogP contribution in [-0.2, 0) is 16.1 Å². The second-order valence-corrected chi connectivity index (χ2v) is 8.48. The van der Waals surface area contributed by atoms with Gasteiger partial charge in [-0.15, -0.1) is 0 Å². The van der Waals surface area contributed by atoms with Gasteiger partial charge in [0.05, 0.1) is 34.5 Å². The highest BCUT2D eigenvalue weighted by molar-refractivity contribution is 6.46. The molecule has 1 atom stereocenters. The van der Waals surface area contributed by atoms with Gasteiger partial charge in [-0.1, -0.05) is 11.6 Å². The zero-order chi connectivity index (χ0) is 25.8. The maximum Gasteiger partial charge on any atom is 0.295 e. The molecule has 0 unspecified atom stereocenters. The number of amides is 1. The number of likely N-dealkylation sites (tertiary alicyclic amines) is 1. The van der Waals surface area contributed by atoms with Crippen molar-refractivity contribution in [3.8, 4) is 5.75 Å². The monoisotopic (exact) mass is 510 g/mol. The van der Waals surface area contributed by atoms with Crippen LogP contribution in [0.2, 0.25) is 5.02 Å². The predicted molar refractivity (Wildman–Crippen MR) is 132 cm³/mol. The van der Waals surface area contributed by atoms with Crippen LogP contribution in [0.3, 0.4) is 0 Å². The van der Waals surface area contributed by atoms with Crippen LogP contribution in [0, 0.1) is 10.1 Å². The van der Waals surface area contributed by atoms with E-state index in [1.165, 1.54) is 35.2 Å². The third-order valence-corrected chi connectivity index (χ3v) is 6.13. The molecule has 36 heavy (non-hydrogen) atoms. The van der Waals surface area contributed by atoms with Gasteiger partial charge in [-0.25, -0.2) is 4.98 Å². The standard InChI is InChI=1S/C25H23ClN4O6/c1-2-36-20-9-6-17(14-19(20)26)23(31)21-22(16-4-7-18(8-5-16)30(34)35)29(25(33)24(21)32)12-3-11-28-13-10-27-15-28/h4-10,13-15,22,31H,2-3,11-12H2,1H3/b23-21+/t22-/m1/s1. The quantitative estimate of drug-likeness (QED) is 0.149. The van der Waals surface area contributed by atoms with Gasteiger partial charge in [0.15, 0.2) is 0 Å². The number of non-ortho nitro benzene ring substituents is 1. The highest BCUT2D eigenvalue weighted by Gasteiger charge is 2.45. The number of hydrogen-bond donors (Lipinski definition) is 1. The van der Waals surface area contributed by atoms with Gasteiger partial charge in [-0.2, -0.15) is 0 Å². The number of nitrogens with zero attached hydrogens (tertiary/aromatic N) is 4. The molecule has 10 nitrogen and oxygen atoms in total. The molecule has 1 fully saturated rings. The van der Waals surface area contributed by atoms with E-state index >= 15 is 0 Å². The third kappa shape index (κ3) is 4.94. The fourth-order valence-electron chi connectivity index (χ4n) is 4.15. The molecule has 2 heterocycles. The summed E-state index contributed by atoms with van der Waals surface area (Å²) >= 11 is 6.28. The SMILES string of the molecule is CCOc1ccc(/C(O)=C2\C(=O)C(=O)N(CCCn3ccnc3)[C@@H]2c2ccc([N+](=O)[O-])cc2)cc1Cl. The smallest absolute Gasteiger partial charge is 0.295 e. The zero-order valence-electron chi connectivity index (χ0n) is 19.3. The number of aryl methyl sites for hydroxylation is 1. The van der Waals surface area contributed by atoms with Crippen molar-refractivity contribution in [3.63, 3.8) is 0 Å². The zero-order valence-corrected chi connectivity index (χ0v) is 20.1. The lowest BCUT2D eigenvalue weighted by Crippen LogP contribution is -2.31. The van der Waals surface area contributed by atoms with E-state index in [1.807, 2.05) is 11.5 Å². The van der Waals surface area contributed by atoms with Crippen molar-refractivity contribution in [2.75, 3.05) is 13.2 Å². The van der Waals surface area contributed by atoms with Gasteiger partial charge in [0.25, 0.3) is 17.4 Å². The first-order chi connectivity index (χ1) is 17.3. The molecule has 1 aliphatic rings. The Kier molecular flexibility index (Phi) is 7.35. The fourth-order valence-corrected chi connectivity index (χ4v) is 4.39. The maximum absolute atomic E-state index is 13.1. The molecule has 0 radical (unpaired) electrons. The summed E-state index contributed by atoms with van der Waals surface area (Å²) in [5.41, 5.74) is 0.457. The first-order valence-corrected chi connectivity index (χ1v) is 11.6. The van der Waals surface area contributed by atoms with Crippen molar-refractivity contribution in [1.29, 1.82) is 0 Å². The van der Waals surface area contributed by atoms with Gasteiger partial charge < -0.3 is 19.3 Å². The average molecular weight is 511 g/mol. The molecule has 0 bridgehead atoms. The molecule has 11 heteroatoms. The Labute approximate surface area is 211 Å². The second-order valence-electron chi connectivity index (χ2n) is 8.07. The van der Waals surface area contributed by atoms with Crippen molar-refractivity contribution in [3.05, 3.63) is 93.0 Å². The number of benzene rings is 2. The molecule has 1 aromatic heterocycles. The fraction of sp³-hybridized carbons (Fsp3) is 0.240. The summed E-state index contributed by atoms with van der Waals surface area (Å²) in [6.07, 6.45) is 5.60. The molecule has 1 aliphatic heterocycles. The van der Waals surface area contributed by atoms with E-state index in [9.17, 15) is 24.8 Å². The Bertz CT molecular complexity index is 1320. The van der Waals surface area contributed by atoms with Crippen molar-refractivity contribution >= 4 is 34.7 Å². The van der Waals surface area contributed by atoms with E-state index in [4.69, 9.17) is 16.3 Å². The summed E-state index contributed by atoms with van der Waals surface area (Å²) < 4.78 is 7.27.